The van der Waals surface area contributed by atoms with E-state index in [0.717, 1.165) is 27.5 Å². The van der Waals surface area contributed by atoms with Gasteiger partial charge in [-0.2, -0.15) is 5.10 Å². The predicted molar refractivity (Wildman–Crippen MR) is 110 cm³/mol. The molecule has 0 aliphatic heterocycles. The van der Waals surface area contributed by atoms with Gasteiger partial charge in [0, 0.05) is 17.8 Å². The molecule has 0 radical (unpaired) electrons. The number of thiocarbonyl (C=S) groups is 1. The zero-order valence-electron chi connectivity index (χ0n) is 14.8. The van der Waals surface area contributed by atoms with Gasteiger partial charge in [0.25, 0.3) is 0 Å². The first-order valence-corrected chi connectivity index (χ1v) is 8.99. The number of halogens is 1. The van der Waals surface area contributed by atoms with Crippen molar-refractivity contribution in [2.45, 2.75) is 19.9 Å². The van der Waals surface area contributed by atoms with Crippen LogP contribution in [0.4, 0.5) is 5.69 Å². The topological polar surface area (TPSA) is 46.0 Å². The molecule has 0 bridgehead atoms. The Bertz CT molecular complexity index is 893. The maximum atomic E-state index is 6.18. The first-order valence-electron chi connectivity index (χ1n) is 8.20. The SMILES string of the molecule is Cc1ccc(NC(=S)N(C)[C@@H](C)c2ccc(-n3cncn3)cc2)cc1Cl. The number of aromatic nitrogens is 3. The van der Waals surface area contributed by atoms with Crippen LogP contribution in [0.5, 0.6) is 0 Å². The fourth-order valence-corrected chi connectivity index (χ4v) is 2.99. The van der Waals surface area contributed by atoms with Crippen molar-refractivity contribution >= 4 is 34.6 Å². The van der Waals surface area contributed by atoms with Crippen molar-refractivity contribution in [1.29, 1.82) is 0 Å². The van der Waals surface area contributed by atoms with Crippen molar-refractivity contribution in [1.82, 2.24) is 19.7 Å². The van der Waals surface area contributed by atoms with Gasteiger partial charge in [0.15, 0.2) is 5.11 Å². The molecule has 0 amide bonds. The molecule has 1 aromatic heterocycles. The van der Waals surface area contributed by atoms with Crippen molar-refractivity contribution in [3.05, 3.63) is 71.3 Å². The summed E-state index contributed by atoms with van der Waals surface area (Å²) in [5, 5.41) is 8.74. The molecule has 5 nitrogen and oxygen atoms in total. The first-order chi connectivity index (χ1) is 12.5. The molecular weight excluding hydrogens is 366 g/mol. The number of benzene rings is 2. The predicted octanol–water partition coefficient (Wildman–Crippen LogP) is 4.62. The Labute approximate surface area is 163 Å². The van der Waals surface area contributed by atoms with Crippen molar-refractivity contribution in [3.63, 3.8) is 0 Å². The minimum Gasteiger partial charge on any atom is -0.345 e. The van der Waals surface area contributed by atoms with Gasteiger partial charge < -0.3 is 10.2 Å². The fourth-order valence-electron chi connectivity index (χ4n) is 2.53. The van der Waals surface area contributed by atoms with E-state index >= 15 is 0 Å². The van der Waals surface area contributed by atoms with Gasteiger partial charge in [-0.1, -0.05) is 29.8 Å². The number of anilines is 1. The van der Waals surface area contributed by atoms with Crippen LogP contribution in [0.1, 0.15) is 24.1 Å². The molecule has 1 atom stereocenters. The lowest BCUT2D eigenvalue weighted by atomic mass is 10.1. The maximum Gasteiger partial charge on any atom is 0.173 e. The summed E-state index contributed by atoms with van der Waals surface area (Å²) in [4.78, 5) is 5.99. The Morgan fingerprint density at radius 3 is 2.58 bits per heavy atom. The van der Waals surface area contributed by atoms with E-state index in [1.165, 1.54) is 6.33 Å². The Balaban J connectivity index is 1.69. The van der Waals surface area contributed by atoms with Gasteiger partial charge in [-0.15, -0.1) is 0 Å². The third-order valence-corrected chi connectivity index (χ3v) is 5.18. The molecule has 0 aliphatic rings. The summed E-state index contributed by atoms with van der Waals surface area (Å²) in [5.74, 6) is 0. The lowest BCUT2D eigenvalue weighted by Crippen LogP contribution is -2.33. The van der Waals surface area contributed by atoms with Crippen molar-refractivity contribution in [2.24, 2.45) is 0 Å². The minimum absolute atomic E-state index is 0.112. The van der Waals surface area contributed by atoms with Crippen LogP contribution in [-0.4, -0.2) is 31.8 Å². The molecular formula is C19H20ClN5S. The van der Waals surface area contributed by atoms with Crippen LogP contribution in [-0.2, 0) is 0 Å². The Hall–Kier alpha value is -2.44. The zero-order valence-corrected chi connectivity index (χ0v) is 16.4. The van der Waals surface area contributed by atoms with Crippen LogP contribution in [0.15, 0.2) is 55.1 Å². The second-order valence-electron chi connectivity index (χ2n) is 6.11. The van der Waals surface area contributed by atoms with Gasteiger partial charge in [-0.05, 0) is 61.5 Å². The number of hydrogen-bond donors (Lipinski definition) is 1. The van der Waals surface area contributed by atoms with E-state index in [4.69, 9.17) is 23.8 Å². The first kappa shape index (κ1) is 18.4. The molecule has 0 fully saturated rings. The molecule has 0 saturated heterocycles. The lowest BCUT2D eigenvalue weighted by molar-refractivity contribution is 0.408. The fraction of sp³-hybridized carbons (Fsp3) is 0.211. The average Bonchev–Trinajstić information content (AvgIpc) is 3.18. The normalized spacial score (nSPS) is 11.8. The molecule has 1 N–H and O–H groups in total. The van der Waals surface area contributed by atoms with E-state index in [1.54, 1.807) is 11.0 Å². The van der Waals surface area contributed by atoms with Crippen LogP contribution in [0, 0.1) is 6.92 Å². The summed E-state index contributed by atoms with van der Waals surface area (Å²) in [6.45, 7) is 4.09. The van der Waals surface area contributed by atoms with Crippen molar-refractivity contribution in [3.8, 4) is 5.69 Å². The molecule has 0 spiro atoms. The standard InChI is InChI=1S/C19H20ClN5S/c1-13-4-7-16(10-18(13)20)23-19(26)24(3)14(2)15-5-8-17(9-6-15)25-12-21-11-22-25/h4-12,14H,1-3H3,(H,23,26)/t14-/m0/s1. The third kappa shape index (κ3) is 4.03. The zero-order chi connectivity index (χ0) is 18.7. The monoisotopic (exact) mass is 385 g/mol. The molecule has 0 aliphatic carbocycles. The summed E-state index contributed by atoms with van der Waals surface area (Å²) >= 11 is 11.7. The highest BCUT2D eigenvalue weighted by molar-refractivity contribution is 7.80. The quantitative estimate of drug-likeness (QED) is 0.664. The highest BCUT2D eigenvalue weighted by Gasteiger charge is 2.15. The molecule has 1 heterocycles. The Kier molecular flexibility index (Phi) is 5.54. The van der Waals surface area contributed by atoms with Crippen LogP contribution < -0.4 is 5.32 Å². The molecule has 2 aromatic carbocycles. The number of aryl methyl sites for hydroxylation is 1. The highest BCUT2D eigenvalue weighted by Crippen LogP contribution is 2.23. The Morgan fingerprint density at radius 1 is 1.23 bits per heavy atom. The molecule has 3 aromatic rings. The third-order valence-electron chi connectivity index (χ3n) is 4.38. The van der Waals surface area contributed by atoms with Crippen molar-refractivity contribution in [2.75, 3.05) is 12.4 Å². The molecule has 26 heavy (non-hydrogen) atoms. The molecule has 0 saturated carbocycles. The minimum atomic E-state index is 0.112. The Morgan fingerprint density at radius 2 is 1.96 bits per heavy atom. The lowest BCUT2D eigenvalue weighted by Gasteiger charge is -2.28. The van der Waals surface area contributed by atoms with E-state index in [0.29, 0.717) is 5.11 Å². The van der Waals surface area contributed by atoms with E-state index in [1.807, 2.05) is 49.2 Å². The molecule has 3 rings (SSSR count). The number of rotatable bonds is 4. The van der Waals surface area contributed by atoms with Gasteiger partial charge in [0.1, 0.15) is 12.7 Å². The molecule has 0 unspecified atom stereocenters. The van der Waals surface area contributed by atoms with Gasteiger partial charge in [-0.25, -0.2) is 9.67 Å². The molecule has 134 valence electrons. The van der Waals surface area contributed by atoms with Gasteiger partial charge in [0.2, 0.25) is 0 Å². The van der Waals surface area contributed by atoms with E-state index in [-0.39, 0.29) is 6.04 Å². The van der Waals surface area contributed by atoms with Crippen molar-refractivity contribution < 1.29 is 0 Å². The smallest absolute Gasteiger partial charge is 0.173 e. The van der Waals surface area contributed by atoms with Crippen LogP contribution >= 0.6 is 23.8 Å². The maximum absolute atomic E-state index is 6.18. The second kappa shape index (κ2) is 7.85. The number of nitrogens with one attached hydrogen (secondary N) is 1. The van der Waals surface area contributed by atoms with Crippen LogP contribution in [0.25, 0.3) is 5.69 Å². The van der Waals surface area contributed by atoms with E-state index in [9.17, 15) is 0 Å². The van der Waals surface area contributed by atoms with E-state index < -0.39 is 0 Å². The second-order valence-corrected chi connectivity index (χ2v) is 6.91. The van der Waals surface area contributed by atoms with Crippen LogP contribution in [0.2, 0.25) is 5.02 Å². The van der Waals surface area contributed by atoms with Gasteiger partial charge in [-0.3, -0.25) is 0 Å². The van der Waals surface area contributed by atoms with Crippen LogP contribution in [0.3, 0.4) is 0 Å². The average molecular weight is 386 g/mol. The summed E-state index contributed by atoms with van der Waals surface area (Å²) < 4.78 is 1.73. The summed E-state index contributed by atoms with van der Waals surface area (Å²) in [6.07, 6.45) is 3.20. The molecule has 7 heteroatoms. The number of nitrogens with zero attached hydrogens (tertiary/aromatic N) is 4. The largest absolute Gasteiger partial charge is 0.345 e. The van der Waals surface area contributed by atoms with Gasteiger partial charge in [0.05, 0.1) is 11.7 Å². The summed E-state index contributed by atoms with van der Waals surface area (Å²) in [5.41, 5.74) is 4.04. The van der Waals surface area contributed by atoms with E-state index in [2.05, 4.69) is 34.5 Å². The summed E-state index contributed by atoms with van der Waals surface area (Å²) in [7, 11) is 1.97. The van der Waals surface area contributed by atoms with Gasteiger partial charge >= 0.3 is 0 Å². The summed E-state index contributed by atoms with van der Waals surface area (Å²) in [6, 6.07) is 14.1. The number of hydrogen-bond acceptors (Lipinski definition) is 3. The highest BCUT2D eigenvalue weighted by atomic mass is 35.5.